The molecular weight excluding hydrogens is 852 g/mol. The molecule has 1 fully saturated rings. The highest BCUT2D eigenvalue weighted by Crippen LogP contribution is 2.46. The zero-order valence-electron chi connectivity index (χ0n) is 40.4. The molecule has 0 bridgehead atoms. The number of carbonyl (C=O) groups is 4. The lowest BCUT2D eigenvalue weighted by molar-refractivity contribution is -0.148. The number of para-hydroxylation sites is 1. The third-order valence-corrected chi connectivity index (χ3v) is 13.5. The van der Waals surface area contributed by atoms with Gasteiger partial charge < -0.3 is 39.0 Å². The number of carbonyl (C=O) groups excluding carboxylic acids is 4. The van der Waals surface area contributed by atoms with Crippen molar-refractivity contribution in [3.05, 3.63) is 66.4 Å². The molecule has 65 heavy (non-hydrogen) atoms. The maximum Gasteiger partial charge on any atom is 0.584 e. The van der Waals surface area contributed by atoms with E-state index in [4.69, 9.17) is 18.5 Å². The normalized spacial score (nSPS) is 18.3. The van der Waals surface area contributed by atoms with Crippen molar-refractivity contribution >= 4 is 42.4 Å². The van der Waals surface area contributed by atoms with Gasteiger partial charge in [-0.1, -0.05) is 85.2 Å². The summed E-state index contributed by atoms with van der Waals surface area (Å²) in [4.78, 5) is 75.7. The molecule has 1 aromatic heterocycles. The summed E-state index contributed by atoms with van der Waals surface area (Å²) in [6, 6.07) is 13.3. The van der Waals surface area contributed by atoms with Gasteiger partial charge in [-0.2, -0.15) is 0 Å². The Bertz CT molecular complexity index is 2070. The molecule has 2 aromatic carbocycles. The van der Waals surface area contributed by atoms with Gasteiger partial charge >= 0.3 is 7.82 Å². The van der Waals surface area contributed by atoms with Crippen molar-refractivity contribution < 1.29 is 47.2 Å². The molecule has 1 saturated heterocycles. The number of phosphoric acid groups is 1. The Hall–Kier alpha value is -4.60. The molecule has 0 spiro atoms. The number of pyridine rings is 1. The Morgan fingerprint density at radius 2 is 1.58 bits per heavy atom. The number of amides is 4. The number of phosphoric ester groups is 1. The summed E-state index contributed by atoms with van der Waals surface area (Å²) in [5.74, 6) is -1.35. The smallest absolute Gasteiger partial charge is 0.395 e. The molecule has 360 valence electrons. The van der Waals surface area contributed by atoms with Gasteiger partial charge in [0.2, 0.25) is 23.6 Å². The molecule has 1 aliphatic rings. The fraction of sp³-hybridized carbons (Fsp3) is 0.604. The van der Waals surface area contributed by atoms with E-state index in [2.05, 4.69) is 15.6 Å². The van der Waals surface area contributed by atoms with Gasteiger partial charge in [0.1, 0.15) is 17.3 Å². The summed E-state index contributed by atoms with van der Waals surface area (Å²) in [5, 5.41) is 6.79. The molecular formula is C48H73N6O10P. The molecule has 17 heteroatoms. The van der Waals surface area contributed by atoms with E-state index in [0.29, 0.717) is 31.4 Å². The lowest BCUT2D eigenvalue weighted by Gasteiger charge is -2.41. The van der Waals surface area contributed by atoms with Crippen LogP contribution in [-0.4, -0.2) is 133 Å². The van der Waals surface area contributed by atoms with Crippen LogP contribution in [0.5, 0.6) is 11.5 Å². The summed E-state index contributed by atoms with van der Waals surface area (Å²) in [6.07, 6.45) is 2.97. The van der Waals surface area contributed by atoms with Crippen LogP contribution in [0, 0.1) is 23.7 Å². The monoisotopic (exact) mass is 925 g/mol. The molecule has 3 aromatic rings. The maximum atomic E-state index is 14.3. The lowest BCUT2D eigenvalue weighted by Crippen LogP contribution is -2.59. The van der Waals surface area contributed by atoms with Crippen LogP contribution in [0.25, 0.3) is 10.9 Å². The number of hydrogen-bond acceptors (Lipinski definition) is 11. The summed E-state index contributed by atoms with van der Waals surface area (Å²) in [5.41, 5.74) is 1.30. The largest absolute Gasteiger partial charge is 0.584 e. The molecule has 4 rings (SSSR count). The number of aromatic nitrogens is 1. The van der Waals surface area contributed by atoms with Crippen molar-refractivity contribution in [2.75, 3.05) is 48.5 Å². The highest BCUT2D eigenvalue weighted by atomic mass is 31.2. The zero-order valence-corrected chi connectivity index (χ0v) is 41.2. The second kappa shape index (κ2) is 24.3. The number of nitrogens with one attached hydrogen (secondary N) is 2. The van der Waals surface area contributed by atoms with E-state index in [1.54, 1.807) is 86.7 Å². The Morgan fingerprint density at radius 1 is 0.908 bits per heavy atom. The third-order valence-electron chi connectivity index (χ3n) is 12.6. The molecule has 1 aliphatic heterocycles. The highest BCUT2D eigenvalue weighted by molar-refractivity contribution is 7.48. The number of rotatable bonds is 24. The van der Waals surface area contributed by atoms with Crippen LogP contribution in [0.3, 0.4) is 0 Å². The average molecular weight is 925 g/mol. The van der Waals surface area contributed by atoms with E-state index in [0.717, 1.165) is 23.8 Å². The SMILES string of the molecule is CC[C@H](C)[C@@H]([C@@H](CC(=O)N1CCC[C@H]1[C@H](OC)[C@@H](C)C(=O)NCCc1ccc(OP(=O)(O)Oc2cccc3cccnc23)cc1)OC)N(C)C(=O)[C@@H](NC(=O)[C@H](C(C)C)N(C)C)C(C)C. The van der Waals surface area contributed by atoms with Crippen LogP contribution in [-0.2, 0) is 39.6 Å². The first kappa shape index (κ1) is 53.0. The van der Waals surface area contributed by atoms with Crippen molar-refractivity contribution in [1.29, 1.82) is 0 Å². The van der Waals surface area contributed by atoms with E-state index in [9.17, 15) is 28.6 Å². The van der Waals surface area contributed by atoms with Gasteiger partial charge in [0.15, 0.2) is 5.75 Å². The minimum absolute atomic E-state index is 0.0137. The molecule has 0 radical (unpaired) electrons. The van der Waals surface area contributed by atoms with Crippen LogP contribution in [0.1, 0.15) is 79.7 Å². The first-order valence-electron chi connectivity index (χ1n) is 22.8. The molecule has 0 aliphatic carbocycles. The number of benzene rings is 2. The molecule has 0 saturated carbocycles. The summed E-state index contributed by atoms with van der Waals surface area (Å²) in [6.45, 7) is 14.5. The zero-order chi connectivity index (χ0) is 48.2. The number of likely N-dealkylation sites (tertiary alicyclic amines) is 1. The van der Waals surface area contributed by atoms with E-state index >= 15 is 0 Å². The molecule has 16 nitrogen and oxygen atoms in total. The van der Waals surface area contributed by atoms with E-state index in [1.165, 1.54) is 0 Å². The van der Waals surface area contributed by atoms with Gasteiger partial charge in [0, 0.05) is 45.9 Å². The first-order valence-corrected chi connectivity index (χ1v) is 24.2. The lowest BCUT2D eigenvalue weighted by atomic mass is 9.89. The van der Waals surface area contributed by atoms with Crippen molar-refractivity contribution in [2.45, 2.75) is 117 Å². The standard InChI is InChI=1S/C48H73N6O10P/c1-13-32(6)44(53(10)48(58)41(30(2)3)51-47(57)43(31(4)5)52(8)9)39(61-11)29-40(55)54-28-16-19-37(54)45(62-12)33(7)46(56)50-27-25-34-21-23-36(24-22-34)63-65(59,60)64-38-20-14-17-35-18-15-26-49-42(35)38/h14-15,17-18,20-24,26,30-33,37,39,41,43-45H,13,16,19,25,27-29H2,1-12H3,(H,50,56)(H,51,57)(H,59,60)/t32-,33+,37-,39+,41-,43-,44-,45+/m0/s1. The van der Waals surface area contributed by atoms with E-state index < -0.39 is 44.1 Å². The van der Waals surface area contributed by atoms with Crippen LogP contribution in [0.4, 0.5) is 0 Å². The number of hydrogen-bond donors (Lipinski definition) is 3. The van der Waals surface area contributed by atoms with Gasteiger partial charge in [0.05, 0.1) is 42.7 Å². The minimum atomic E-state index is -4.55. The van der Waals surface area contributed by atoms with Crippen LogP contribution >= 0.6 is 7.82 Å². The fourth-order valence-electron chi connectivity index (χ4n) is 9.05. The van der Waals surface area contributed by atoms with Crippen molar-refractivity contribution in [2.24, 2.45) is 23.7 Å². The van der Waals surface area contributed by atoms with Gasteiger partial charge in [-0.15, -0.1) is 0 Å². The first-order chi connectivity index (χ1) is 30.7. The van der Waals surface area contributed by atoms with E-state index in [1.807, 2.05) is 72.7 Å². The number of ether oxygens (including phenoxy) is 2. The fourth-order valence-corrected chi connectivity index (χ4v) is 9.87. The Labute approximate surface area is 385 Å². The van der Waals surface area contributed by atoms with Gasteiger partial charge in [-0.05, 0) is 80.9 Å². The van der Waals surface area contributed by atoms with Crippen LogP contribution < -0.4 is 19.7 Å². The predicted molar refractivity (Wildman–Crippen MR) is 251 cm³/mol. The van der Waals surface area contributed by atoms with Crippen LogP contribution in [0.2, 0.25) is 0 Å². The topological polar surface area (TPSA) is 189 Å². The molecule has 9 atom stereocenters. The molecule has 2 heterocycles. The Morgan fingerprint density at radius 3 is 2.18 bits per heavy atom. The Balaban J connectivity index is 1.36. The summed E-state index contributed by atoms with van der Waals surface area (Å²) in [7, 11) is 3.99. The van der Waals surface area contributed by atoms with Crippen LogP contribution in [0.15, 0.2) is 60.8 Å². The van der Waals surface area contributed by atoms with Crippen molar-refractivity contribution in [3.63, 3.8) is 0 Å². The third kappa shape index (κ3) is 14.0. The maximum absolute atomic E-state index is 14.3. The Kier molecular flexibility index (Phi) is 19.8. The molecule has 3 N–H and O–H groups in total. The quantitative estimate of drug-likeness (QED) is 0.0878. The number of likely N-dealkylation sites (N-methyl/N-ethyl adjacent to an activating group) is 2. The second-order valence-corrected chi connectivity index (χ2v) is 19.4. The van der Waals surface area contributed by atoms with Gasteiger partial charge in [-0.25, -0.2) is 4.57 Å². The highest BCUT2D eigenvalue weighted by Gasteiger charge is 2.43. The average Bonchev–Trinajstić information content (AvgIpc) is 3.75. The minimum Gasteiger partial charge on any atom is -0.395 e. The van der Waals surface area contributed by atoms with Crippen molar-refractivity contribution in [3.8, 4) is 11.5 Å². The van der Waals surface area contributed by atoms with Gasteiger partial charge in [-0.3, -0.25) is 34.0 Å². The summed E-state index contributed by atoms with van der Waals surface area (Å²) < 4.78 is 35.6. The number of methoxy groups -OCH3 is 2. The van der Waals surface area contributed by atoms with E-state index in [-0.39, 0.29) is 65.3 Å². The van der Waals surface area contributed by atoms with Gasteiger partial charge in [0.25, 0.3) is 0 Å². The predicted octanol–water partition coefficient (Wildman–Crippen LogP) is 6.10. The number of nitrogens with zero attached hydrogens (tertiary/aromatic N) is 4. The van der Waals surface area contributed by atoms with Crippen molar-refractivity contribution in [1.82, 2.24) is 30.3 Å². The molecule has 4 amide bonds. The summed E-state index contributed by atoms with van der Waals surface area (Å²) >= 11 is 0. The second-order valence-electron chi connectivity index (χ2n) is 18.1. The number of fused-ring (bicyclic) bond motifs is 1. The molecule has 1 unspecified atom stereocenters.